The van der Waals surface area contributed by atoms with Gasteiger partial charge in [0.25, 0.3) is 10.0 Å². The van der Waals surface area contributed by atoms with Crippen LogP contribution in [0.25, 0.3) is 0 Å². The zero-order chi connectivity index (χ0) is 22.4. The molecule has 0 fully saturated rings. The zero-order valence-corrected chi connectivity index (χ0v) is 19.5. The lowest BCUT2D eigenvalue weighted by Crippen LogP contribution is -2.40. The third kappa shape index (κ3) is 6.32. The van der Waals surface area contributed by atoms with Crippen LogP contribution in [0.15, 0.2) is 82.2 Å². The molecule has 0 aliphatic heterocycles. The lowest BCUT2D eigenvalue weighted by atomic mass is 10.1. The highest BCUT2D eigenvalue weighted by molar-refractivity contribution is 9.10. The molecule has 2 N–H and O–H groups in total. The van der Waals surface area contributed by atoms with Crippen LogP contribution < -0.4 is 14.8 Å². The Morgan fingerprint density at radius 1 is 1.03 bits per heavy atom. The quantitative estimate of drug-likeness (QED) is 0.471. The van der Waals surface area contributed by atoms with Gasteiger partial charge < -0.3 is 10.1 Å². The summed E-state index contributed by atoms with van der Waals surface area (Å²) < 4.78 is 33.7. The number of sulfonamides is 1. The second-order valence-corrected chi connectivity index (χ2v) is 9.67. The number of amides is 2. The number of carbonyl (C=O) groups excluding carboxylic acids is 1. The van der Waals surface area contributed by atoms with E-state index >= 15 is 0 Å². The van der Waals surface area contributed by atoms with Crippen molar-refractivity contribution in [2.45, 2.75) is 31.4 Å². The largest absolute Gasteiger partial charge is 0.489 e. The number of halogens is 1. The monoisotopic (exact) mass is 502 g/mol. The van der Waals surface area contributed by atoms with E-state index in [1.54, 1.807) is 19.1 Å². The molecular weight excluding hydrogens is 480 g/mol. The molecular formula is C23H23BrN2O4S. The summed E-state index contributed by atoms with van der Waals surface area (Å²) in [6.07, 6.45) is 0. The average molecular weight is 503 g/mol. The van der Waals surface area contributed by atoms with E-state index in [1.807, 2.05) is 55.5 Å². The molecule has 6 nitrogen and oxygen atoms in total. The number of ether oxygens (including phenoxy) is 1. The highest BCUT2D eigenvalue weighted by atomic mass is 79.9. The van der Waals surface area contributed by atoms with Gasteiger partial charge in [-0.15, -0.1) is 0 Å². The van der Waals surface area contributed by atoms with E-state index in [-0.39, 0.29) is 4.90 Å². The van der Waals surface area contributed by atoms with Gasteiger partial charge in [-0.25, -0.2) is 17.9 Å². The lowest BCUT2D eigenvalue weighted by molar-refractivity contribution is 0.242. The third-order valence-corrected chi connectivity index (χ3v) is 6.42. The van der Waals surface area contributed by atoms with Crippen LogP contribution in [0, 0.1) is 6.92 Å². The molecule has 8 heteroatoms. The maximum atomic E-state index is 12.4. The van der Waals surface area contributed by atoms with Crippen LogP contribution >= 0.6 is 15.9 Å². The van der Waals surface area contributed by atoms with Gasteiger partial charge in [0.05, 0.1) is 10.9 Å². The Morgan fingerprint density at radius 3 is 2.39 bits per heavy atom. The van der Waals surface area contributed by atoms with E-state index in [0.29, 0.717) is 17.9 Å². The number of rotatable bonds is 7. The molecule has 0 radical (unpaired) electrons. The standard InChI is InChI=1S/C23H23BrN2O4S/c1-16-8-11-20(12-9-16)31(28,29)26-23(27)25-17(2)21-14-19(24)10-13-22(21)30-15-18-6-4-3-5-7-18/h3-14,17H,15H2,1-2H3,(H2,25,26,27). The second kappa shape index (κ2) is 9.98. The number of benzene rings is 3. The van der Waals surface area contributed by atoms with Gasteiger partial charge >= 0.3 is 6.03 Å². The van der Waals surface area contributed by atoms with E-state index in [4.69, 9.17) is 4.74 Å². The molecule has 0 aliphatic rings. The SMILES string of the molecule is Cc1ccc(S(=O)(=O)NC(=O)NC(C)c2cc(Br)ccc2OCc2ccccc2)cc1. The van der Waals surface area contributed by atoms with Crippen molar-refractivity contribution in [3.63, 3.8) is 0 Å². The predicted molar refractivity (Wildman–Crippen MR) is 123 cm³/mol. The highest BCUT2D eigenvalue weighted by Gasteiger charge is 2.20. The summed E-state index contributed by atoms with van der Waals surface area (Å²) in [4.78, 5) is 12.4. The van der Waals surface area contributed by atoms with E-state index in [0.717, 1.165) is 15.6 Å². The summed E-state index contributed by atoms with van der Waals surface area (Å²) in [6, 6.07) is 20.2. The first-order valence-corrected chi connectivity index (χ1v) is 11.9. The molecule has 0 aromatic heterocycles. The summed E-state index contributed by atoms with van der Waals surface area (Å²) in [6.45, 7) is 3.99. The van der Waals surface area contributed by atoms with Crippen molar-refractivity contribution < 1.29 is 17.9 Å². The second-order valence-electron chi connectivity index (χ2n) is 7.07. The summed E-state index contributed by atoms with van der Waals surface area (Å²) in [7, 11) is -3.97. The van der Waals surface area contributed by atoms with Crippen LogP contribution in [0.5, 0.6) is 5.75 Å². The van der Waals surface area contributed by atoms with E-state index < -0.39 is 22.1 Å². The van der Waals surface area contributed by atoms with Gasteiger partial charge in [0.1, 0.15) is 12.4 Å². The number of nitrogens with one attached hydrogen (secondary N) is 2. The molecule has 0 spiro atoms. The Bertz CT molecular complexity index is 1150. The number of hydrogen-bond acceptors (Lipinski definition) is 4. The smallest absolute Gasteiger partial charge is 0.329 e. The van der Waals surface area contributed by atoms with Crippen LogP contribution in [0.3, 0.4) is 0 Å². The van der Waals surface area contributed by atoms with Crippen molar-refractivity contribution >= 4 is 32.0 Å². The first kappa shape index (κ1) is 22.8. The van der Waals surface area contributed by atoms with E-state index in [2.05, 4.69) is 26.0 Å². The number of aryl methyl sites for hydroxylation is 1. The van der Waals surface area contributed by atoms with Crippen LogP contribution in [0.2, 0.25) is 0 Å². The van der Waals surface area contributed by atoms with Gasteiger partial charge in [0.2, 0.25) is 0 Å². The van der Waals surface area contributed by atoms with Gasteiger partial charge in [0.15, 0.2) is 0 Å². The molecule has 2 amide bonds. The van der Waals surface area contributed by atoms with E-state index in [1.165, 1.54) is 12.1 Å². The average Bonchev–Trinajstić information content (AvgIpc) is 2.73. The Balaban J connectivity index is 1.70. The first-order valence-electron chi connectivity index (χ1n) is 9.61. The van der Waals surface area contributed by atoms with Gasteiger partial charge in [-0.3, -0.25) is 0 Å². The molecule has 0 saturated heterocycles. The highest BCUT2D eigenvalue weighted by Crippen LogP contribution is 2.29. The molecule has 162 valence electrons. The minimum Gasteiger partial charge on any atom is -0.489 e. The fraction of sp³-hybridized carbons (Fsp3) is 0.174. The number of urea groups is 1. The van der Waals surface area contributed by atoms with Crippen molar-refractivity contribution in [3.05, 3.63) is 94.0 Å². The lowest BCUT2D eigenvalue weighted by Gasteiger charge is -2.19. The molecule has 0 heterocycles. The Labute approximate surface area is 190 Å². The van der Waals surface area contributed by atoms with Crippen molar-refractivity contribution in [1.82, 2.24) is 10.0 Å². The zero-order valence-electron chi connectivity index (χ0n) is 17.1. The number of hydrogen-bond donors (Lipinski definition) is 2. The molecule has 0 aliphatic carbocycles. The minimum absolute atomic E-state index is 0.0234. The Hall–Kier alpha value is -2.84. The maximum Gasteiger partial charge on any atom is 0.329 e. The van der Waals surface area contributed by atoms with Crippen LogP contribution in [0.4, 0.5) is 4.79 Å². The van der Waals surface area contributed by atoms with Gasteiger partial charge in [-0.05, 0) is 49.7 Å². The van der Waals surface area contributed by atoms with Crippen molar-refractivity contribution in [3.8, 4) is 5.75 Å². The van der Waals surface area contributed by atoms with Crippen LogP contribution in [-0.4, -0.2) is 14.4 Å². The van der Waals surface area contributed by atoms with E-state index in [9.17, 15) is 13.2 Å². The summed E-state index contributed by atoms with van der Waals surface area (Å²) in [5.41, 5.74) is 2.65. The fourth-order valence-corrected chi connectivity index (χ4v) is 4.22. The summed E-state index contributed by atoms with van der Waals surface area (Å²) >= 11 is 3.43. The summed E-state index contributed by atoms with van der Waals surface area (Å²) in [5.74, 6) is 0.598. The van der Waals surface area contributed by atoms with Gasteiger partial charge in [-0.2, -0.15) is 0 Å². The molecule has 3 aromatic carbocycles. The maximum absolute atomic E-state index is 12.4. The molecule has 31 heavy (non-hydrogen) atoms. The van der Waals surface area contributed by atoms with Crippen molar-refractivity contribution in [2.75, 3.05) is 0 Å². The van der Waals surface area contributed by atoms with Crippen molar-refractivity contribution in [1.29, 1.82) is 0 Å². The Kier molecular flexibility index (Phi) is 7.35. The molecule has 0 bridgehead atoms. The normalized spacial score (nSPS) is 12.1. The molecule has 1 atom stereocenters. The molecule has 1 unspecified atom stereocenters. The predicted octanol–water partition coefficient (Wildman–Crippen LogP) is 5.09. The van der Waals surface area contributed by atoms with Gasteiger partial charge in [-0.1, -0.05) is 64.0 Å². The Morgan fingerprint density at radius 2 is 1.71 bits per heavy atom. The van der Waals surface area contributed by atoms with Crippen molar-refractivity contribution in [2.24, 2.45) is 0 Å². The van der Waals surface area contributed by atoms with Gasteiger partial charge in [0, 0.05) is 10.0 Å². The van der Waals surface area contributed by atoms with Crippen LogP contribution in [0.1, 0.15) is 29.7 Å². The fourth-order valence-electron chi connectivity index (χ4n) is 2.93. The minimum atomic E-state index is -3.97. The molecule has 0 saturated carbocycles. The molecule has 3 rings (SSSR count). The number of carbonyl (C=O) groups is 1. The first-order chi connectivity index (χ1) is 14.7. The summed E-state index contributed by atoms with van der Waals surface area (Å²) in [5, 5.41) is 2.67. The van der Waals surface area contributed by atoms with Crippen LogP contribution in [-0.2, 0) is 16.6 Å². The third-order valence-electron chi connectivity index (χ3n) is 4.58. The topological polar surface area (TPSA) is 84.5 Å². The molecule has 3 aromatic rings.